The average molecular weight is 494 g/mol. The maximum atomic E-state index is 13.8. The van der Waals surface area contributed by atoms with Gasteiger partial charge in [-0.05, 0) is 12.1 Å². The molecule has 0 amide bonds. The topological polar surface area (TPSA) is 30.7 Å². The largest absolute Gasteiger partial charge is 0.315 e. The molecule has 1 aromatic heterocycles. The van der Waals surface area contributed by atoms with Crippen LogP contribution in [-0.2, 0) is 26.0 Å². The van der Waals surface area contributed by atoms with Crippen molar-refractivity contribution in [2.45, 2.75) is 12.8 Å². The first-order chi connectivity index (χ1) is 10.5. The molecular weight excluding hydrogens is 483 g/mol. The van der Waals surface area contributed by atoms with Crippen molar-refractivity contribution in [3.05, 3.63) is 66.2 Å². The maximum Gasteiger partial charge on any atom is 0.303 e. The fourth-order valence-electron chi connectivity index (χ4n) is 2.11. The van der Waals surface area contributed by atoms with E-state index in [9.17, 15) is 13.2 Å². The molecule has 0 saturated carbocycles. The van der Waals surface area contributed by atoms with Gasteiger partial charge in [0.1, 0.15) is 0 Å². The Balaban J connectivity index is 0.00000192. The van der Waals surface area contributed by atoms with Crippen LogP contribution in [0.4, 0.5) is 13.2 Å². The summed E-state index contributed by atoms with van der Waals surface area (Å²) in [5.41, 5.74) is 0.880. The Kier molecular flexibility index (Phi) is 5.02. The van der Waals surface area contributed by atoms with E-state index in [-0.39, 0.29) is 25.9 Å². The van der Waals surface area contributed by atoms with E-state index in [0.29, 0.717) is 11.3 Å². The van der Waals surface area contributed by atoms with Crippen molar-refractivity contribution in [2.75, 3.05) is 0 Å². The van der Waals surface area contributed by atoms with Crippen molar-refractivity contribution < 1.29 is 33.3 Å². The van der Waals surface area contributed by atoms with Crippen LogP contribution in [0.3, 0.4) is 0 Å². The zero-order valence-corrected chi connectivity index (χ0v) is 14.3. The molecule has 0 bridgehead atoms. The van der Waals surface area contributed by atoms with Gasteiger partial charge in [-0.2, -0.15) is 13.9 Å². The van der Waals surface area contributed by atoms with Crippen LogP contribution in [0.5, 0.6) is 0 Å². The molecule has 0 unspecified atom stereocenters. The van der Waals surface area contributed by atoms with Crippen molar-refractivity contribution in [1.29, 1.82) is 0 Å². The molecule has 23 heavy (non-hydrogen) atoms. The monoisotopic (exact) mass is 495 g/mol. The minimum atomic E-state index is -3.17. The first kappa shape index (κ1) is 17.4. The fraction of sp³-hybridized carbons (Fsp3) is 0.125. The molecular formula is C16H11F3IrN3-. The first-order valence-corrected chi connectivity index (χ1v) is 6.53. The zero-order chi connectivity index (χ0) is 15.7. The predicted molar refractivity (Wildman–Crippen MR) is 75.2 cm³/mol. The van der Waals surface area contributed by atoms with Crippen molar-refractivity contribution in [3.63, 3.8) is 0 Å². The number of para-hydroxylation sites is 1. The molecule has 2 aromatic carbocycles. The van der Waals surface area contributed by atoms with E-state index in [0.717, 1.165) is 13.0 Å². The van der Waals surface area contributed by atoms with Crippen LogP contribution < -0.4 is 0 Å². The summed E-state index contributed by atoms with van der Waals surface area (Å²) >= 11 is 0. The number of nitrogens with zero attached hydrogens (tertiary/aromatic N) is 3. The van der Waals surface area contributed by atoms with Crippen LogP contribution in [0.2, 0.25) is 0 Å². The van der Waals surface area contributed by atoms with Gasteiger partial charge in [-0.15, -0.1) is 34.9 Å². The van der Waals surface area contributed by atoms with E-state index in [1.807, 2.05) is 0 Å². The SMILES string of the molecule is CC(F)(F)c1nnc(-c2[c-]cc(F)cc2)n1-c1ccccc1.[Ir]. The molecule has 1 heterocycles. The van der Waals surface area contributed by atoms with Crippen molar-refractivity contribution in [1.82, 2.24) is 14.8 Å². The average Bonchev–Trinajstić information content (AvgIpc) is 2.94. The van der Waals surface area contributed by atoms with Crippen LogP contribution in [0.1, 0.15) is 12.7 Å². The molecule has 0 aliphatic heterocycles. The van der Waals surface area contributed by atoms with Crippen LogP contribution in [0.15, 0.2) is 48.5 Å². The summed E-state index contributed by atoms with van der Waals surface area (Å²) in [4.78, 5) is 0. The third kappa shape index (κ3) is 3.51. The van der Waals surface area contributed by atoms with Gasteiger partial charge in [0.25, 0.3) is 0 Å². The molecule has 3 rings (SSSR count). The normalized spacial score (nSPS) is 11.1. The second-order valence-corrected chi connectivity index (χ2v) is 4.83. The molecule has 0 atom stereocenters. The van der Waals surface area contributed by atoms with Gasteiger partial charge in [-0.3, -0.25) is 4.39 Å². The molecule has 0 saturated heterocycles. The first-order valence-electron chi connectivity index (χ1n) is 6.53. The Morgan fingerprint density at radius 3 is 2.30 bits per heavy atom. The Morgan fingerprint density at radius 2 is 1.74 bits per heavy atom. The van der Waals surface area contributed by atoms with Crippen molar-refractivity contribution in [3.8, 4) is 17.1 Å². The Labute approximate surface area is 144 Å². The molecule has 0 spiro atoms. The number of hydrogen-bond acceptors (Lipinski definition) is 2. The van der Waals surface area contributed by atoms with E-state index in [2.05, 4.69) is 16.3 Å². The molecule has 3 nitrogen and oxygen atoms in total. The van der Waals surface area contributed by atoms with Crippen LogP contribution in [0.25, 0.3) is 17.1 Å². The number of halogens is 3. The predicted octanol–water partition coefficient (Wildman–Crippen LogP) is 3.98. The van der Waals surface area contributed by atoms with E-state index < -0.39 is 17.6 Å². The Morgan fingerprint density at radius 1 is 1.04 bits per heavy atom. The summed E-state index contributed by atoms with van der Waals surface area (Å²) in [6.45, 7) is 0.759. The summed E-state index contributed by atoms with van der Waals surface area (Å²) in [6.07, 6.45) is 0. The summed E-state index contributed by atoms with van der Waals surface area (Å²) in [6, 6.07) is 15.0. The number of benzene rings is 2. The molecule has 0 aliphatic rings. The molecule has 1 radical (unpaired) electrons. The van der Waals surface area contributed by atoms with Crippen LogP contribution in [-0.4, -0.2) is 14.8 Å². The molecule has 0 fully saturated rings. The third-order valence-electron chi connectivity index (χ3n) is 3.09. The van der Waals surface area contributed by atoms with Gasteiger partial charge >= 0.3 is 5.92 Å². The van der Waals surface area contributed by atoms with Gasteiger partial charge < -0.3 is 4.57 Å². The molecule has 121 valence electrons. The van der Waals surface area contributed by atoms with E-state index in [4.69, 9.17) is 0 Å². The molecule has 0 N–H and O–H groups in total. The van der Waals surface area contributed by atoms with Gasteiger partial charge in [0.2, 0.25) is 0 Å². The molecule has 7 heteroatoms. The standard InChI is InChI=1S/C16H11F3N3.Ir/c1-16(18,19)15-21-20-14(11-7-9-12(17)10-8-11)22(15)13-5-3-2-4-6-13;/h2-7,9-10H,1H3;/q-1;. The quantitative estimate of drug-likeness (QED) is 0.516. The summed E-state index contributed by atoms with van der Waals surface area (Å²) in [5.74, 6) is -3.93. The van der Waals surface area contributed by atoms with E-state index in [1.54, 1.807) is 30.3 Å². The Bertz CT molecular complexity index is 781. The third-order valence-corrected chi connectivity index (χ3v) is 3.09. The minimum Gasteiger partial charge on any atom is -0.315 e. The van der Waals surface area contributed by atoms with Gasteiger partial charge in [0.05, 0.1) is 5.82 Å². The summed E-state index contributed by atoms with van der Waals surface area (Å²) in [5, 5.41) is 7.45. The van der Waals surface area contributed by atoms with E-state index in [1.165, 1.54) is 16.7 Å². The fourth-order valence-corrected chi connectivity index (χ4v) is 2.11. The van der Waals surface area contributed by atoms with Crippen molar-refractivity contribution in [2.24, 2.45) is 0 Å². The molecule has 3 aromatic rings. The van der Waals surface area contributed by atoms with Crippen LogP contribution in [0, 0.1) is 11.9 Å². The second-order valence-electron chi connectivity index (χ2n) is 4.83. The number of alkyl halides is 2. The zero-order valence-electron chi connectivity index (χ0n) is 11.9. The minimum absolute atomic E-state index is 0. The van der Waals surface area contributed by atoms with Crippen LogP contribution >= 0.6 is 0 Å². The number of aromatic nitrogens is 3. The van der Waals surface area contributed by atoms with Gasteiger partial charge in [-0.25, -0.2) is 0 Å². The number of hydrogen-bond donors (Lipinski definition) is 0. The maximum absolute atomic E-state index is 13.8. The van der Waals surface area contributed by atoms with Gasteiger partial charge in [-0.1, -0.05) is 18.2 Å². The summed E-state index contributed by atoms with van der Waals surface area (Å²) < 4.78 is 41.9. The summed E-state index contributed by atoms with van der Waals surface area (Å²) in [7, 11) is 0. The van der Waals surface area contributed by atoms with Gasteiger partial charge in [0.15, 0.2) is 5.82 Å². The van der Waals surface area contributed by atoms with Crippen molar-refractivity contribution >= 4 is 0 Å². The second kappa shape index (κ2) is 6.64. The Hall–Kier alpha value is -1.98. The smallest absolute Gasteiger partial charge is 0.303 e. The molecule has 0 aliphatic carbocycles. The van der Waals surface area contributed by atoms with Gasteiger partial charge in [0, 0.05) is 38.5 Å². The van der Waals surface area contributed by atoms with E-state index >= 15 is 0 Å². The number of rotatable bonds is 3.